The fraction of sp³-hybridized carbons (Fsp3) is 0.474. The van der Waals surface area contributed by atoms with Crippen LogP contribution in [0.3, 0.4) is 0 Å². The Labute approximate surface area is 148 Å². The molecule has 0 unspecified atom stereocenters. The smallest absolute Gasteiger partial charge is 0.317 e. The molecule has 6 nitrogen and oxygen atoms in total. The molecule has 0 bridgehead atoms. The van der Waals surface area contributed by atoms with Crippen molar-refractivity contribution in [2.24, 2.45) is 0 Å². The topological polar surface area (TPSA) is 61.6 Å². The molecule has 2 aromatic rings. The molecular weight excluding hydrogens is 316 g/mol. The first kappa shape index (κ1) is 17.5. The number of nitrogens with zero attached hydrogens (tertiary/aromatic N) is 3. The highest BCUT2D eigenvalue weighted by molar-refractivity contribution is 5.74. The molecule has 1 saturated heterocycles. The molecule has 3 rings (SSSR count). The molecule has 0 saturated carbocycles. The monoisotopic (exact) mass is 342 g/mol. The lowest BCUT2D eigenvalue weighted by Gasteiger charge is -2.47. The Morgan fingerprint density at radius 2 is 2.04 bits per heavy atom. The van der Waals surface area contributed by atoms with E-state index in [0.29, 0.717) is 13.1 Å². The summed E-state index contributed by atoms with van der Waals surface area (Å²) in [7, 11) is 0. The van der Waals surface area contributed by atoms with Gasteiger partial charge in [0.25, 0.3) is 0 Å². The number of hydrogen-bond acceptors (Lipinski definition) is 4. The lowest BCUT2D eigenvalue weighted by Crippen LogP contribution is -2.61. The van der Waals surface area contributed by atoms with Crippen LogP contribution in [0.25, 0.3) is 0 Å². The Bertz CT molecular complexity index is 711. The molecule has 0 atom stereocenters. The molecule has 0 spiro atoms. The summed E-state index contributed by atoms with van der Waals surface area (Å²) in [5.74, 6) is 0.750. The van der Waals surface area contributed by atoms with E-state index in [1.807, 2.05) is 24.0 Å². The van der Waals surface area contributed by atoms with Crippen molar-refractivity contribution < 1.29 is 9.32 Å². The minimum Gasteiger partial charge on any atom is -0.361 e. The summed E-state index contributed by atoms with van der Waals surface area (Å²) >= 11 is 0. The number of carbonyl (C=O) groups excluding carboxylic acids is 1. The second-order valence-corrected chi connectivity index (χ2v) is 7.23. The Kier molecular flexibility index (Phi) is 5.08. The summed E-state index contributed by atoms with van der Waals surface area (Å²) < 4.78 is 5.02. The second kappa shape index (κ2) is 7.27. The van der Waals surface area contributed by atoms with Gasteiger partial charge in [-0.05, 0) is 26.3 Å². The molecule has 2 heterocycles. The van der Waals surface area contributed by atoms with E-state index in [4.69, 9.17) is 4.52 Å². The molecule has 2 amide bonds. The van der Waals surface area contributed by atoms with E-state index in [1.54, 1.807) is 0 Å². The van der Waals surface area contributed by atoms with Crippen LogP contribution >= 0.6 is 0 Å². The maximum absolute atomic E-state index is 12.5. The fourth-order valence-corrected chi connectivity index (χ4v) is 3.24. The average Bonchev–Trinajstić information content (AvgIpc) is 3.00. The molecule has 1 aliphatic rings. The number of carbonyl (C=O) groups is 1. The average molecular weight is 342 g/mol. The van der Waals surface area contributed by atoms with Crippen molar-refractivity contribution in [1.82, 2.24) is 20.3 Å². The Morgan fingerprint density at radius 3 is 2.68 bits per heavy atom. The van der Waals surface area contributed by atoms with Gasteiger partial charge in [0.05, 0.1) is 6.54 Å². The number of amides is 2. The van der Waals surface area contributed by atoms with Gasteiger partial charge >= 0.3 is 6.03 Å². The van der Waals surface area contributed by atoms with E-state index in [1.165, 1.54) is 5.56 Å². The number of urea groups is 1. The van der Waals surface area contributed by atoms with Crippen LogP contribution in [-0.2, 0) is 13.1 Å². The number of piperazine rings is 1. The van der Waals surface area contributed by atoms with Gasteiger partial charge < -0.3 is 14.7 Å². The van der Waals surface area contributed by atoms with Gasteiger partial charge in [0.2, 0.25) is 0 Å². The third kappa shape index (κ3) is 4.39. The highest BCUT2D eigenvalue weighted by Gasteiger charge is 2.35. The third-order valence-corrected chi connectivity index (χ3v) is 4.67. The van der Waals surface area contributed by atoms with Crippen LogP contribution in [0.4, 0.5) is 4.79 Å². The van der Waals surface area contributed by atoms with Crippen molar-refractivity contribution in [3.8, 4) is 0 Å². The minimum absolute atomic E-state index is 0.0481. The zero-order valence-corrected chi connectivity index (χ0v) is 15.2. The van der Waals surface area contributed by atoms with E-state index in [-0.39, 0.29) is 11.6 Å². The molecule has 0 aliphatic carbocycles. The van der Waals surface area contributed by atoms with Crippen LogP contribution in [0.15, 0.2) is 40.9 Å². The first-order chi connectivity index (χ1) is 11.9. The summed E-state index contributed by atoms with van der Waals surface area (Å²) in [5, 5.41) is 6.83. The largest absolute Gasteiger partial charge is 0.361 e. The van der Waals surface area contributed by atoms with E-state index >= 15 is 0 Å². The van der Waals surface area contributed by atoms with Gasteiger partial charge in [-0.15, -0.1) is 0 Å². The predicted molar refractivity (Wildman–Crippen MR) is 96.0 cm³/mol. The molecule has 6 heteroatoms. The number of benzene rings is 1. The maximum Gasteiger partial charge on any atom is 0.317 e. The number of aromatic nitrogens is 1. The molecule has 0 radical (unpaired) electrons. The minimum atomic E-state index is -0.0735. The lowest BCUT2D eigenvalue weighted by atomic mass is 9.98. The van der Waals surface area contributed by atoms with Gasteiger partial charge in [-0.25, -0.2) is 4.79 Å². The van der Waals surface area contributed by atoms with Gasteiger partial charge in [0, 0.05) is 37.8 Å². The molecule has 1 aliphatic heterocycles. The van der Waals surface area contributed by atoms with Crippen molar-refractivity contribution in [2.45, 2.75) is 39.4 Å². The summed E-state index contributed by atoms with van der Waals surface area (Å²) in [6, 6.07) is 12.3. The van der Waals surface area contributed by atoms with Crippen LogP contribution in [0, 0.1) is 6.92 Å². The fourth-order valence-electron chi connectivity index (χ4n) is 3.24. The highest BCUT2D eigenvalue weighted by atomic mass is 16.5. The Morgan fingerprint density at radius 1 is 1.28 bits per heavy atom. The lowest BCUT2D eigenvalue weighted by molar-refractivity contribution is 0.0297. The van der Waals surface area contributed by atoms with E-state index in [2.05, 4.69) is 53.5 Å². The summed E-state index contributed by atoms with van der Waals surface area (Å²) in [6.45, 7) is 9.80. The van der Waals surface area contributed by atoms with Gasteiger partial charge in [-0.3, -0.25) is 4.90 Å². The number of rotatable bonds is 4. The van der Waals surface area contributed by atoms with Crippen LogP contribution in [0.5, 0.6) is 0 Å². The van der Waals surface area contributed by atoms with Gasteiger partial charge in [-0.1, -0.05) is 35.5 Å². The second-order valence-electron chi connectivity index (χ2n) is 7.23. The molecule has 1 aromatic heterocycles. The van der Waals surface area contributed by atoms with Gasteiger partial charge in [0.15, 0.2) is 0 Å². The molecule has 1 aromatic carbocycles. The maximum atomic E-state index is 12.5. The zero-order chi connectivity index (χ0) is 17.9. The normalized spacial score (nSPS) is 17.5. The van der Waals surface area contributed by atoms with Crippen LogP contribution < -0.4 is 5.32 Å². The number of nitrogens with one attached hydrogen (secondary N) is 1. The van der Waals surface area contributed by atoms with Crippen molar-refractivity contribution in [1.29, 1.82) is 0 Å². The Hall–Kier alpha value is -2.34. The van der Waals surface area contributed by atoms with Crippen molar-refractivity contribution >= 4 is 6.03 Å². The predicted octanol–water partition coefficient (Wildman–Crippen LogP) is 2.79. The SMILES string of the molecule is Cc1cc(CNC(=O)N2CCN(Cc3ccccc3)C(C)(C)C2)no1. The quantitative estimate of drug-likeness (QED) is 0.928. The summed E-state index contributed by atoms with van der Waals surface area (Å²) in [4.78, 5) is 16.8. The first-order valence-electron chi connectivity index (χ1n) is 8.68. The first-order valence-corrected chi connectivity index (χ1v) is 8.68. The standard InChI is InChI=1S/C19H26N4O2/c1-15-11-17(21-25-15)12-20-18(24)22-9-10-23(19(2,3)14-22)13-16-7-5-4-6-8-16/h4-8,11H,9-10,12-14H2,1-3H3,(H,20,24). The molecule has 1 fully saturated rings. The van der Waals surface area contributed by atoms with E-state index in [9.17, 15) is 4.79 Å². The zero-order valence-electron chi connectivity index (χ0n) is 15.2. The number of hydrogen-bond donors (Lipinski definition) is 1. The Balaban J connectivity index is 1.55. The van der Waals surface area contributed by atoms with Crippen LogP contribution in [0.2, 0.25) is 0 Å². The van der Waals surface area contributed by atoms with Crippen molar-refractivity contribution in [2.75, 3.05) is 19.6 Å². The molecule has 25 heavy (non-hydrogen) atoms. The van der Waals surface area contributed by atoms with E-state index < -0.39 is 0 Å². The highest BCUT2D eigenvalue weighted by Crippen LogP contribution is 2.23. The van der Waals surface area contributed by atoms with Crippen LogP contribution in [-0.4, -0.2) is 46.2 Å². The number of aryl methyl sites for hydroxylation is 1. The molecular formula is C19H26N4O2. The van der Waals surface area contributed by atoms with Crippen LogP contribution in [0.1, 0.15) is 30.9 Å². The van der Waals surface area contributed by atoms with Crippen molar-refractivity contribution in [3.63, 3.8) is 0 Å². The molecule has 1 N–H and O–H groups in total. The van der Waals surface area contributed by atoms with Gasteiger partial charge in [0.1, 0.15) is 11.5 Å². The van der Waals surface area contributed by atoms with Crippen molar-refractivity contribution in [3.05, 3.63) is 53.4 Å². The van der Waals surface area contributed by atoms with E-state index in [0.717, 1.165) is 31.1 Å². The molecule has 134 valence electrons. The summed E-state index contributed by atoms with van der Waals surface area (Å²) in [5.41, 5.74) is 1.97. The third-order valence-electron chi connectivity index (χ3n) is 4.67. The van der Waals surface area contributed by atoms with Gasteiger partial charge in [-0.2, -0.15) is 0 Å². The summed E-state index contributed by atoms with van der Waals surface area (Å²) in [6.07, 6.45) is 0.